The zero-order chi connectivity index (χ0) is 18.6. The van der Waals surface area contributed by atoms with Gasteiger partial charge in [0.05, 0.1) is 5.92 Å². The molecule has 0 aromatic rings. The summed E-state index contributed by atoms with van der Waals surface area (Å²) in [5.74, 6) is -0.896. The van der Waals surface area contributed by atoms with Gasteiger partial charge in [0.1, 0.15) is 6.54 Å². The molecule has 25 heavy (non-hydrogen) atoms. The van der Waals surface area contributed by atoms with Gasteiger partial charge in [0.2, 0.25) is 11.8 Å². The quantitative estimate of drug-likeness (QED) is 0.814. The van der Waals surface area contributed by atoms with E-state index in [0.29, 0.717) is 25.8 Å². The molecule has 1 unspecified atom stereocenters. The highest BCUT2D eigenvalue weighted by Crippen LogP contribution is 2.29. The zero-order valence-electron chi connectivity index (χ0n) is 14.7. The fourth-order valence-electron chi connectivity index (χ4n) is 3.90. The number of hydrogen-bond acceptors (Lipinski definition) is 3. The van der Waals surface area contributed by atoms with Crippen LogP contribution in [0.4, 0.5) is 13.2 Å². The summed E-state index contributed by atoms with van der Waals surface area (Å²) in [6.45, 7) is 1.10. The van der Waals surface area contributed by atoms with Gasteiger partial charge in [0, 0.05) is 32.1 Å². The lowest BCUT2D eigenvalue weighted by Gasteiger charge is -2.35. The SMILES string of the molecule is CCN(CC(F)(F)F)C(=O)C1CCCN(C(=O)C[C@@H]2CCC[C@H]2N)C1. The van der Waals surface area contributed by atoms with Crippen LogP contribution in [0.5, 0.6) is 0 Å². The summed E-state index contributed by atoms with van der Waals surface area (Å²) in [4.78, 5) is 27.4. The molecular formula is C17H28F3N3O2. The van der Waals surface area contributed by atoms with Crippen LogP contribution in [0.2, 0.25) is 0 Å². The van der Waals surface area contributed by atoms with Gasteiger partial charge in [-0.3, -0.25) is 9.59 Å². The van der Waals surface area contributed by atoms with Crippen molar-refractivity contribution in [3.63, 3.8) is 0 Å². The third kappa shape index (κ3) is 5.59. The number of carbonyl (C=O) groups excluding carboxylic acids is 2. The molecule has 1 aliphatic carbocycles. The molecule has 0 radical (unpaired) electrons. The molecule has 2 N–H and O–H groups in total. The van der Waals surface area contributed by atoms with Gasteiger partial charge in [-0.25, -0.2) is 0 Å². The van der Waals surface area contributed by atoms with E-state index >= 15 is 0 Å². The molecule has 2 rings (SSSR count). The first-order valence-electron chi connectivity index (χ1n) is 9.10. The Kier molecular flexibility index (Phi) is 6.71. The Morgan fingerprint density at radius 3 is 2.48 bits per heavy atom. The average Bonchev–Trinajstić information content (AvgIpc) is 2.96. The second kappa shape index (κ2) is 8.38. The Hall–Kier alpha value is -1.31. The van der Waals surface area contributed by atoms with Crippen LogP contribution in [0, 0.1) is 11.8 Å². The normalized spacial score (nSPS) is 27.4. The molecule has 144 valence electrons. The van der Waals surface area contributed by atoms with E-state index in [-0.39, 0.29) is 31.0 Å². The van der Waals surface area contributed by atoms with Crippen LogP contribution >= 0.6 is 0 Å². The molecule has 2 fully saturated rings. The van der Waals surface area contributed by atoms with Crippen LogP contribution in [0.25, 0.3) is 0 Å². The molecule has 0 aromatic carbocycles. The number of alkyl halides is 3. The summed E-state index contributed by atoms with van der Waals surface area (Å²) >= 11 is 0. The maximum Gasteiger partial charge on any atom is 0.406 e. The predicted octanol–water partition coefficient (Wildman–Crippen LogP) is 2.15. The Balaban J connectivity index is 1.92. The van der Waals surface area contributed by atoms with Crippen LogP contribution in [0.15, 0.2) is 0 Å². The van der Waals surface area contributed by atoms with E-state index in [9.17, 15) is 22.8 Å². The van der Waals surface area contributed by atoms with Crippen molar-refractivity contribution in [2.24, 2.45) is 17.6 Å². The third-order valence-electron chi connectivity index (χ3n) is 5.34. The van der Waals surface area contributed by atoms with E-state index in [1.807, 2.05) is 0 Å². The van der Waals surface area contributed by atoms with Crippen LogP contribution in [-0.2, 0) is 9.59 Å². The number of nitrogens with two attached hydrogens (primary N) is 1. The summed E-state index contributed by atoms with van der Waals surface area (Å²) in [5, 5.41) is 0. The molecule has 3 atom stereocenters. The monoisotopic (exact) mass is 363 g/mol. The molecule has 0 bridgehead atoms. The van der Waals surface area contributed by atoms with Crippen molar-refractivity contribution in [1.29, 1.82) is 0 Å². The molecule has 1 heterocycles. The summed E-state index contributed by atoms with van der Waals surface area (Å²) in [5.41, 5.74) is 6.01. The van der Waals surface area contributed by atoms with E-state index in [4.69, 9.17) is 5.73 Å². The summed E-state index contributed by atoms with van der Waals surface area (Å²) in [6.07, 6.45) is 0.0440. The highest BCUT2D eigenvalue weighted by atomic mass is 19.4. The molecule has 2 amide bonds. The maximum atomic E-state index is 12.6. The Labute approximate surface area is 146 Å². The van der Waals surface area contributed by atoms with Gasteiger partial charge < -0.3 is 15.5 Å². The molecule has 1 saturated heterocycles. The summed E-state index contributed by atoms with van der Waals surface area (Å²) in [6, 6.07) is 0.0496. The number of likely N-dealkylation sites (tertiary alicyclic amines) is 1. The predicted molar refractivity (Wildman–Crippen MR) is 87.5 cm³/mol. The van der Waals surface area contributed by atoms with Gasteiger partial charge in [-0.1, -0.05) is 6.42 Å². The molecule has 1 saturated carbocycles. The lowest BCUT2D eigenvalue weighted by Crippen LogP contribution is -2.49. The van der Waals surface area contributed by atoms with Crippen molar-refractivity contribution in [3.05, 3.63) is 0 Å². The van der Waals surface area contributed by atoms with Gasteiger partial charge >= 0.3 is 6.18 Å². The Morgan fingerprint density at radius 2 is 1.92 bits per heavy atom. The van der Waals surface area contributed by atoms with E-state index in [1.54, 1.807) is 4.90 Å². The summed E-state index contributed by atoms with van der Waals surface area (Å²) < 4.78 is 37.9. The first-order valence-corrected chi connectivity index (χ1v) is 9.10. The first kappa shape index (κ1) is 20.0. The number of amides is 2. The van der Waals surface area contributed by atoms with E-state index in [0.717, 1.165) is 24.2 Å². The van der Waals surface area contributed by atoms with Gasteiger partial charge in [-0.2, -0.15) is 13.2 Å². The zero-order valence-corrected chi connectivity index (χ0v) is 14.7. The first-order chi connectivity index (χ1) is 11.7. The standard InChI is InChI=1S/C17H28F3N3O2/c1-2-22(11-17(18,19)20)16(25)13-6-4-8-23(10-13)15(24)9-12-5-3-7-14(12)21/h12-14H,2-11,21H2,1H3/t12-,13?,14+/m0/s1. The number of hydrogen-bond donors (Lipinski definition) is 1. The number of nitrogens with zero attached hydrogens (tertiary/aromatic N) is 2. The fourth-order valence-corrected chi connectivity index (χ4v) is 3.90. The van der Waals surface area contributed by atoms with Gasteiger partial charge in [0.15, 0.2) is 0 Å². The topological polar surface area (TPSA) is 66.6 Å². The molecule has 5 nitrogen and oxygen atoms in total. The Morgan fingerprint density at radius 1 is 1.20 bits per heavy atom. The number of piperidine rings is 1. The largest absolute Gasteiger partial charge is 0.406 e. The van der Waals surface area contributed by atoms with Gasteiger partial charge in [0.25, 0.3) is 0 Å². The smallest absolute Gasteiger partial charge is 0.342 e. The van der Waals surface area contributed by atoms with Crippen molar-refractivity contribution < 1.29 is 22.8 Å². The fraction of sp³-hybridized carbons (Fsp3) is 0.882. The maximum absolute atomic E-state index is 12.6. The van der Waals surface area contributed by atoms with Crippen molar-refractivity contribution >= 4 is 11.8 Å². The van der Waals surface area contributed by atoms with Crippen LogP contribution in [0.3, 0.4) is 0 Å². The Bertz CT molecular complexity index is 484. The highest BCUT2D eigenvalue weighted by Gasteiger charge is 2.37. The molecule has 1 aliphatic heterocycles. The lowest BCUT2D eigenvalue weighted by atomic mass is 9.94. The minimum absolute atomic E-state index is 0.0136. The highest BCUT2D eigenvalue weighted by molar-refractivity contribution is 5.81. The van der Waals surface area contributed by atoms with Crippen LogP contribution < -0.4 is 5.73 Å². The molecule has 8 heteroatoms. The van der Waals surface area contributed by atoms with Crippen LogP contribution in [0.1, 0.15) is 45.4 Å². The van der Waals surface area contributed by atoms with Crippen molar-refractivity contribution in [3.8, 4) is 0 Å². The van der Waals surface area contributed by atoms with E-state index < -0.39 is 24.5 Å². The summed E-state index contributed by atoms with van der Waals surface area (Å²) in [7, 11) is 0. The lowest BCUT2D eigenvalue weighted by molar-refractivity contribution is -0.164. The number of rotatable bonds is 5. The molecule has 2 aliphatic rings. The average molecular weight is 363 g/mol. The second-order valence-corrected chi connectivity index (χ2v) is 7.21. The molecule has 0 spiro atoms. The molecular weight excluding hydrogens is 335 g/mol. The van der Waals surface area contributed by atoms with E-state index in [1.165, 1.54) is 6.92 Å². The minimum Gasteiger partial charge on any atom is -0.342 e. The van der Waals surface area contributed by atoms with Crippen LogP contribution in [-0.4, -0.2) is 60.0 Å². The number of halogens is 3. The van der Waals surface area contributed by atoms with Gasteiger partial charge in [-0.15, -0.1) is 0 Å². The molecule has 0 aromatic heterocycles. The minimum atomic E-state index is -4.41. The second-order valence-electron chi connectivity index (χ2n) is 7.21. The van der Waals surface area contributed by atoms with E-state index in [2.05, 4.69) is 0 Å². The number of carbonyl (C=O) groups is 2. The van der Waals surface area contributed by atoms with Gasteiger partial charge in [-0.05, 0) is 38.5 Å². The van der Waals surface area contributed by atoms with Crippen molar-refractivity contribution in [2.45, 2.75) is 57.7 Å². The third-order valence-corrected chi connectivity index (χ3v) is 5.34. The van der Waals surface area contributed by atoms with Crippen molar-refractivity contribution in [1.82, 2.24) is 9.80 Å². The van der Waals surface area contributed by atoms with Crippen molar-refractivity contribution in [2.75, 3.05) is 26.2 Å².